The fraction of sp³-hybridized carbons (Fsp3) is 0.652. The Balaban J connectivity index is 1.15. The van der Waals surface area contributed by atoms with Crippen LogP contribution in [-0.2, 0) is 16.1 Å². The molecule has 5 aliphatic rings. The lowest BCUT2D eigenvalue weighted by Gasteiger charge is -2.58. The van der Waals surface area contributed by atoms with Crippen molar-refractivity contribution >= 4 is 12.0 Å². The average Bonchev–Trinajstić information content (AvgIpc) is 2.67. The summed E-state index contributed by atoms with van der Waals surface area (Å²) in [5.41, 5.74) is 1.32. The quantitative estimate of drug-likeness (QED) is 0.798. The van der Waals surface area contributed by atoms with Crippen LogP contribution in [0.15, 0.2) is 30.3 Å². The summed E-state index contributed by atoms with van der Waals surface area (Å²) in [7, 11) is 0. The zero-order valence-corrected chi connectivity index (χ0v) is 16.5. The van der Waals surface area contributed by atoms with E-state index in [1.54, 1.807) is 4.90 Å². The molecule has 1 aromatic carbocycles. The second-order valence-electron chi connectivity index (χ2n) is 9.69. The van der Waals surface area contributed by atoms with Gasteiger partial charge in [0.25, 0.3) is 0 Å². The standard InChI is InChI=1S/C23H30N2O3/c26-21-14-24(22(27)28-15-17-4-2-1-3-5-17)6-7-25(21)16-23-11-18-8-19(12-23)10-20(9-18)13-23/h1-5,18-20H,6-16H2. The Kier molecular flexibility index (Phi) is 4.56. The first-order valence-corrected chi connectivity index (χ1v) is 10.8. The van der Waals surface area contributed by atoms with E-state index < -0.39 is 0 Å². The van der Waals surface area contributed by atoms with Gasteiger partial charge in [-0.1, -0.05) is 30.3 Å². The number of rotatable bonds is 4. The second kappa shape index (κ2) is 7.09. The molecular weight excluding hydrogens is 352 g/mol. The zero-order chi connectivity index (χ0) is 19.1. The first-order chi connectivity index (χ1) is 13.6. The Morgan fingerprint density at radius 2 is 1.64 bits per heavy atom. The predicted octanol–water partition coefficient (Wildman–Crippen LogP) is 3.68. The van der Waals surface area contributed by atoms with Crippen LogP contribution < -0.4 is 0 Å². The highest BCUT2D eigenvalue weighted by atomic mass is 16.6. The van der Waals surface area contributed by atoms with Gasteiger partial charge in [-0.05, 0) is 67.3 Å². The van der Waals surface area contributed by atoms with Gasteiger partial charge in [0.15, 0.2) is 0 Å². The van der Waals surface area contributed by atoms with Crippen molar-refractivity contribution < 1.29 is 14.3 Å². The second-order valence-corrected chi connectivity index (χ2v) is 9.69. The maximum atomic E-state index is 12.8. The Morgan fingerprint density at radius 3 is 2.25 bits per heavy atom. The minimum absolute atomic E-state index is 0.0821. The normalized spacial score (nSPS) is 34.0. The number of piperazine rings is 1. The van der Waals surface area contributed by atoms with Gasteiger partial charge in [-0.3, -0.25) is 9.69 Å². The number of carbonyl (C=O) groups excluding carboxylic acids is 2. The SMILES string of the molecule is O=C1CN(C(=O)OCc2ccccc2)CCN1CC12CC3CC(CC(C3)C1)C2. The largest absolute Gasteiger partial charge is 0.445 e. The summed E-state index contributed by atoms with van der Waals surface area (Å²) in [5, 5.41) is 0. The van der Waals surface area contributed by atoms with Crippen LogP contribution in [0.2, 0.25) is 0 Å². The molecule has 28 heavy (non-hydrogen) atoms. The highest BCUT2D eigenvalue weighted by Crippen LogP contribution is 2.60. The lowest BCUT2D eigenvalue weighted by atomic mass is 9.49. The summed E-state index contributed by atoms with van der Waals surface area (Å²) in [6.45, 7) is 2.52. The monoisotopic (exact) mass is 382 g/mol. The molecule has 2 amide bonds. The molecule has 5 heteroatoms. The van der Waals surface area contributed by atoms with Gasteiger partial charge in [0.2, 0.25) is 5.91 Å². The van der Waals surface area contributed by atoms with E-state index in [1.807, 2.05) is 35.2 Å². The van der Waals surface area contributed by atoms with Gasteiger partial charge in [0, 0.05) is 19.6 Å². The number of carbonyl (C=O) groups is 2. The molecule has 5 fully saturated rings. The van der Waals surface area contributed by atoms with Gasteiger partial charge in [-0.15, -0.1) is 0 Å². The lowest BCUT2D eigenvalue weighted by Crippen LogP contribution is -2.57. The lowest BCUT2D eigenvalue weighted by molar-refractivity contribution is -0.141. The van der Waals surface area contributed by atoms with Crippen molar-refractivity contribution in [3.8, 4) is 0 Å². The number of ether oxygens (including phenoxy) is 1. The van der Waals surface area contributed by atoms with Gasteiger partial charge in [-0.25, -0.2) is 4.79 Å². The maximum absolute atomic E-state index is 12.8. The molecule has 4 aliphatic carbocycles. The smallest absolute Gasteiger partial charge is 0.410 e. The third kappa shape index (κ3) is 3.51. The topological polar surface area (TPSA) is 49.9 Å². The van der Waals surface area contributed by atoms with Crippen molar-refractivity contribution in [2.45, 2.75) is 45.1 Å². The van der Waals surface area contributed by atoms with Crippen molar-refractivity contribution in [2.75, 3.05) is 26.2 Å². The van der Waals surface area contributed by atoms with E-state index in [2.05, 4.69) is 0 Å². The molecule has 0 unspecified atom stereocenters. The van der Waals surface area contributed by atoms with E-state index >= 15 is 0 Å². The van der Waals surface area contributed by atoms with Gasteiger partial charge in [0.05, 0.1) is 0 Å². The minimum Gasteiger partial charge on any atom is -0.445 e. The molecule has 0 N–H and O–H groups in total. The third-order valence-electron chi connectivity index (χ3n) is 7.47. The Hall–Kier alpha value is -2.04. The van der Waals surface area contributed by atoms with E-state index in [9.17, 15) is 9.59 Å². The fourth-order valence-corrected chi connectivity index (χ4v) is 6.73. The van der Waals surface area contributed by atoms with Crippen LogP contribution >= 0.6 is 0 Å². The first-order valence-electron chi connectivity index (χ1n) is 10.8. The predicted molar refractivity (Wildman–Crippen MR) is 105 cm³/mol. The molecule has 5 nitrogen and oxygen atoms in total. The Labute approximate surface area is 167 Å². The van der Waals surface area contributed by atoms with Crippen LogP contribution in [0.5, 0.6) is 0 Å². The van der Waals surface area contributed by atoms with Crippen molar-refractivity contribution in [3.05, 3.63) is 35.9 Å². The maximum Gasteiger partial charge on any atom is 0.410 e. The fourth-order valence-electron chi connectivity index (χ4n) is 6.73. The average molecular weight is 383 g/mol. The summed E-state index contributed by atoms with van der Waals surface area (Å²) >= 11 is 0. The summed E-state index contributed by atoms with van der Waals surface area (Å²) in [4.78, 5) is 28.7. The van der Waals surface area contributed by atoms with Crippen LogP contribution in [0.1, 0.15) is 44.1 Å². The molecule has 0 atom stereocenters. The Bertz CT molecular complexity index is 712. The van der Waals surface area contributed by atoms with Crippen LogP contribution in [0.25, 0.3) is 0 Å². The molecule has 4 saturated carbocycles. The number of amides is 2. The molecule has 1 aliphatic heterocycles. The highest BCUT2D eigenvalue weighted by molar-refractivity contribution is 5.83. The molecule has 0 spiro atoms. The molecular formula is C23H30N2O3. The molecule has 6 rings (SSSR count). The molecule has 0 radical (unpaired) electrons. The highest BCUT2D eigenvalue weighted by Gasteiger charge is 2.51. The molecule has 4 bridgehead atoms. The number of nitrogens with zero attached hydrogens (tertiary/aromatic N) is 2. The van der Waals surface area contributed by atoms with Crippen LogP contribution in [0.4, 0.5) is 4.79 Å². The van der Waals surface area contributed by atoms with Crippen LogP contribution in [-0.4, -0.2) is 48.0 Å². The summed E-state index contributed by atoms with van der Waals surface area (Å²) in [6, 6.07) is 9.66. The van der Waals surface area contributed by atoms with Crippen molar-refractivity contribution in [1.82, 2.24) is 9.80 Å². The van der Waals surface area contributed by atoms with E-state index in [-0.39, 0.29) is 25.2 Å². The Morgan fingerprint density at radius 1 is 1.00 bits per heavy atom. The molecule has 150 valence electrons. The van der Waals surface area contributed by atoms with E-state index in [4.69, 9.17) is 4.74 Å². The van der Waals surface area contributed by atoms with Crippen molar-refractivity contribution in [1.29, 1.82) is 0 Å². The molecule has 1 heterocycles. The van der Waals surface area contributed by atoms with E-state index in [1.165, 1.54) is 38.5 Å². The van der Waals surface area contributed by atoms with Gasteiger partial charge >= 0.3 is 6.09 Å². The summed E-state index contributed by atoms with van der Waals surface area (Å²) in [6.07, 6.45) is 7.83. The number of hydrogen-bond acceptors (Lipinski definition) is 3. The molecule has 1 saturated heterocycles. The van der Waals surface area contributed by atoms with Crippen LogP contribution in [0.3, 0.4) is 0 Å². The van der Waals surface area contributed by atoms with Crippen LogP contribution in [0, 0.1) is 23.2 Å². The first kappa shape index (κ1) is 18.0. The van der Waals surface area contributed by atoms with E-state index in [0.717, 1.165) is 29.9 Å². The molecule has 0 aromatic heterocycles. The number of benzene rings is 1. The minimum atomic E-state index is -0.383. The summed E-state index contributed by atoms with van der Waals surface area (Å²) in [5.74, 6) is 2.78. The zero-order valence-electron chi connectivity index (χ0n) is 16.5. The van der Waals surface area contributed by atoms with E-state index in [0.29, 0.717) is 18.5 Å². The molecule has 1 aromatic rings. The van der Waals surface area contributed by atoms with Gasteiger partial charge in [0.1, 0.15) is 13.2 Å². The van der Waals surface area contributed by atoms with Gasteiger partial charge in [-0.2, -0.15) is 0 Å². The van der Waals surface area contributed by atoms with Gasteiger partial charge < -0.3 is 9.64 Å². The number of hydrogen-bond donors (Lipinski definition) is 0. The van der Waals surface area contributed by atoms with Crippen molar-refractivity contribution in [2.24, 2.45) is 23.2 Å². The third-order valence-corrected chi connectivity index (χ3v) is 7.47. The van der Waals surface area contributed by atoms with Crippen molar-refractivity contribution in [3.63, 3.8) is 0 Å². The summed E-state index contributed by atoms with van der Waals surface area (Å²) < 4.78 is 5.40.